The SMILES string of the molecule is Cc1ccc(N[C@H]2C[C@@H]3C[C@H]4[C@H](C2)CC4(C(=O)c2cc4cc(-c5ccccc5)ccn4n2)C3)cc1C#N. The lowest BCUT2D eigenvalue weighted by atomic mass is 9.51. The Balaban J connectivity index is 1.10. The Hall–Kier alpha value is -3.91. The molecule has 4 aromatic rings. The van der Waals surface area contributed by atoms with Crippen LogP contribution in [0.4, 0.5) is 5.69 Å². The Morgan fingerprint density at radius 1 is 1.03 bits per heavy atom. The topological polar surface area (TPSA) is 70.2 Å². The third-order valence-corrected chi connectivity index (χ3v) is 9.33. The Labute approximate surface area is 217 Å². The van der Waals surface area contributed by atoms with Crippen LogP contribution in [0, 0.1) is 41.4 Å². The maximum atomic E-state index is 13.9. The molecule has 3 aliphatic carbocycles. The number of benzene rings is 2. The number of Topliss-reactive ketones (excluding diaryl/α,β-unsaturated/α-hetero) is 1. The summed E-state index contributed by atoms with van der Waals surface area (Å²) in [5, 5.41) is 17.8. The second-order valence-corrected chi connectivity index (χ2v) is 11.5. The van der Waals surface area contributed by atoms with Crippen molar-refractivity contribution in [3.05, 3.63) is 89.7 Å². The van der Waals surface area contributed by atoms with Gasteiger partial charge < -0.3 is 5.32 Å². The number of nitriles is 1. The molecular formula is C32H30N4O. The molecule has 7 rings (SSSR count). The van der Waals surface area contributed by atoms with Gasteiger partial charge in [0.1, 0.15) is 5.69 Å². The molecule has 2 bridgehead atoms. The first-order valence-electron chi connectivity index (χ1n) is 13.4. The van der Waals surface area contributed by atoms with Crippen molar-refractivity contribution in [1.82, 2.24) is 9.61 Å². The lowest BCUT2D eigenvalue weighted by Crippen LogP contribution is -2.51. The fourth-order valence-corrected chi connectivity index (χ4v) is 7.66. The average Bonchev–Trinajstić information content (AvgIpc) is 3.41. The van der Waals surface area contributed by atoms with Gasteiger partial charge in [-0.3, -0.25) is 4.79 Å². The van der Waals surface area contributed by atoms with Gasteiger partial charge in [-0.15, -0.1) is 0 Å². The fourth-order valence-electron chi connectivity index (χ4n) is 7.66. The number of hydrogen-bond donors (Lipinski definition) is 1. The molecule has 5 atom stereocenters. The van der Waals surface area contributed by atoms with Crippen LogP contribution in [0.25, 0.3) is 16.6 Å². The van der Waals surface area contributed by atoms with Crippen molar-refractivity contribution in [1.29, 1.82) is 5.26 Å². The molecule has 5 nitrogen and oxygen atoms in total. The van der Waals surface area contributed by atoms with Crippen LogP contribution in [0.1, 0.15) is 53.7 Å². The van der Waals surface area contributed by atoms with Gasteiger partial charge in [0, 0.05) is 23.3 Å². The summed E-state index contributed by atoms with van der Waals surface area (Å²) in [7, 11) is 0. The number of fused-ring (bicyclic) bond motifs is 2. The molecule has 2 heterocycles. The molecule has 5 heteroatoms. The maximum Gasteiger partial charge on any atom is 0.189 e. The van der Waals surface area contributed by atoms with Crippen LogP contribution in [-0.4, -0.2) is 21.4 Å². The van der Waals surface area contributed by atoms with Crippen molar-refractivity contribution in [3.63, 3.8) is 0 Å². The number of hydrogen-bond acceptors (Lipinski definition) is 4. The number of aryl methyl sites for hydroxylation is 1. The summed E-state index contributed by atoms with van der Waals surface area (Å²) in [6.07, 6.45) is 7.25. The molecule has 0 saturated heterocycles. The van der Waals surface area contributed by atoms with E-state index in [1.807, 2.05) is 54.0 Å². The number of carbonyl (C=O) groups excluding carboxylic acids is 1. The van der Waals surface area contributed by atoms with Crippen molar-refractivity contribution in [2.45, 2.75) is 45.1 Å². The van der Waals surface area contributed by atoms with Crippen LogP contribution >= 0.6 is 0 Å². The molecule has 184 valence electrons. The number of rotatable bonds is 5. The largest absolute Gasteiger partial charge is 0.382 e. The Bertz CT molecular complexity index is 1560. The summed E-state index contributed by atoms with van der Waals surface area (Å²) in [5.74, 6) is 1.86. The average molecular weight is 487 g/mol. The predicted molar refractivity (Wildman–Crippen MR) is 144 cm³/mol. The van der Waals surface area contributed by atoms with Crippen molar-refractivity contribution in [3.8, 4) is 17.2 Å². The molecule has 0 radical (unpaired) electrons. The van der Waals surface area contributed by atoms with Crippen LogP contribution in [0.3, 0.4) is 0 Å². The van der Waals surface area contributed by atoms with E-state index in [1.54, 1.807) is 0 Å². The predicted octanol–water partition coefficient (Wildman–Crippen LogP) is 6.67. The van der Waals surface area contributed by atoms with Crippen molar-refractivity contribution in [2.75, 3.05) is 5.32 Å². The van der Waals surface area contributed by atoms with E-state index in [-0.39, 0.29) is 11.2 Å². The summed E-state index contributed by atoms with van der Waals surface area (Å²) in [6.45, 7) is 1.98. The van der Waals surface area contributed by atoms with Gasteiger partial charge in [-0.2, -0.15) is 10.4 Å². The van der Waals surface area contributed by atoms with Crippen molar-refractivity contribution >= 4 is 17.0 Å². The molecule has 0 amide bonds. The zero-order valence-electron chi connectivity index (χ0n) is 21.0. The van der Waals surface area contributed by atoms with E-state index < -0.39 is 0 Å². The summed E-state index contributed by atoms with van der Waals surface area (Å²) < 4.78 is 1.84. The van der Waals surface area contributed by atoms with Crippen LogP contribution < -0.4 is 5.32 Å². The highest BCUT2D eigenvalue weighted by molar-refractivity contribution is 6.01. The first-order chi connectivity index (χ1) is 18.0. The first kappa shape index (κ1) is 22.3. The molecule has 37 heavy (non-hydrogen) atoms. The number of carbonyl (C=O) groups is 1. The van der Waals surface area contributed by atoms with E-state index in [4.69, 9.17) is 5.10 Å². The molecule has 0 aliphatic heterocycles. The zero-order valence-corrected chi connectivity index (χ0v) is 21.0. The van der Waals surface area contributed by atoms with Gasteiger partial charge in [0.15, 0.2) is 5.78 Å². The monoisotopic (exact) mass is 486 g/mol. The van der Waals surface area contributed by atoms with E-state index in [2.05, 4.69) is 41.7 Å². The normalized spacial score (nSPS) is 27.8. The summed E-state index contributed by atoms with van der Waals surface area (Å²) >= 11 is 0. The maximum absolute atomic E-state index is 13.9. The minimum Gasteiger partial charge on any atom is -0.382 e. The molecule has 0 spiro atoms. The van der Waals surface area contributed by atoms with E-state index in [0.29, 0.717) is 29.5 Å². The van der Waals surface area contributed by atoms with E-state index in [0.717, 1.165) is 65.6 Å². The van der Waals surface area contributed by atoms with E-state index in [1.165, 1.54) is 0 Å². The first-order valence-corrected chi connectivity index (χ1v) is 13.4. The van der Waals surface area contributed by atoms with Gasteiger partial charge in [0.05, 0.1) is 17.1 Å². The minimum absolute atomic E-state index is 0.224. The quantitative estimate of drug-likeness (QED) is 0.320. The molecule has 3 aliphatic rings. The molecule has 2 aromatic carbocycles. The van der Waals surface area contributed by atoms with Crippen molar-refractivity contribution < 1.29 is 4.79 Å². The van der Waals surface area contributed by atoms with Gasteiger partial charge in [-0.1, -0.05) is 36.4 Å². The second-order valence-electron chi connectivity index (χ2n) is 11.5. The third-order valence-electron chi connectivity index (χ3n) is 9.33. The Morgan fingerprint density at radius 3 is 2.73 bits per heavy atom. The lowest BCUT2D eigenvalue weighted by molar-refractivity contribution is -0.00832. The van der Waals surface area contributed by atoms with Gasteiger partial charge in [-0.05, 0) is 104 Å². The highest BCUT2D eigenvalue weighted by Gasteiger charge is 2.64. The number of anilines is 1. The van der Waals surface area contributed by atoms with Crippen LogP contribution in [0.2, 0.25) is 0 Å². The van der Waals surface area contributed by atoms with E-state index >= 15 is 0 Å². The van der Waals surface area contributed by atoms with Crippen LogP contribution in [0.15, 0.2) is 72.9 Å². The minimum atomic E-state index is -0.224. The third kappa shape index (κ3) is 3.58. The highest BCUT2D eigenvalue weighted by Crippen LogP contribution is 2.67. The number of nitrogens with one attached hydrogen (secondary N) is 1. The van der Waals surface area contributed by atoms with E-state index in [9.17, 15) is 10.1 Å². The number of nitrogens with zero attached hydrogens (tertiary/aromatic N) is 3. The standard InChI is InChI=1S/C32H30N4O/c1-20-7-8-26(14-25(20)19-33)34-27-11-21-12-29-24(13-27)18-32(29,17-21)31(37)30-16-28-15-23(9-10-36(28)35-30)22-5-3-2-4-6-22/h2-10,14-16,21,24,27,29,34H,11-13,17-18H2,1H3/t21-,24-,27+,29+,32?/m1/s1. The number of ketones is 1. The van der Waals surface area contributed by atoms with Gasteiger partial charge >= 0.3 is 0 Å². The molecule has 1 unspecified atom stereocenters. The summed E-state index contributed by atoms with van der Waals surface area (Å²) in [5.41, 5.74) is 6.44. The van der Waals surface area contributed by atoms with Gasteiger partial charge in [0.25, 0.3) is 0 Å². The summed E-state index contributed by atoms with van der Waals surface area (Å²) in [6, 6.07) is 25.3. The zero-order chi connectivity index (χ0) is 25.1. The van der Waals surface area contributed by atoms with Crippen LogP contribution in [0.5, 0.6) is 0 Å². The second kappa shape index (κ2) is 8.31. The van der Waals surface area contributed by atoms with Gasteiger partial charge in [0.2, 0.25) is 0 Å². The number of pyridine rings is 1. The van der Waals surface area contributed by atoms with Gasteiger partial charge in [-0.25, -0.2) is 4.52 Å². The Kier molecular flexibility index (Phi) is 5.01. The smallest absolute Gasteiger partial charge is 0.189 e. The number of aromatic nitrogens is 2. The van der Waals surface area contributed by atoms with Crippen LogP contribution in [-0.2, 0) is 0 Å². The molecular weight excluding hydrogens is 456 g/mol. The lowest BCUT2D eigenvalue weighted by Gasteiger charge is -2.51. The Morgan fingerprint density at radius 2 is 1.89 bits per heavy atom. The molecule has 3 saturated carbocycles. The van der Waals surface area contributed by atoms with Crippen molar-refractivity contribution in [2.24, 2.45) is 23.2 Å². The molecule has 1 N–H and O–H groups in total. The highest BCUT2D eigenvalue weighted by atomic mass is 16.1. The molecule has 3 fully saturated rings. The fraction of sp³-hybridized carbons (Fsp3) is 0.344. The summed E-state index contributed by atoms with van der Waals surface area (Å²) in [4.78, 5) is 13.9. The molecule has 2 aromatic heterocycles.